The van der Waals surface area contributed by atoms with Crippen LogP contribution >= 0.6 is 0 Å². The van der Waals surface area contributed by atoms with Crippen LogP contribution < -0.4 is 5.32 Å². The molecule has 0 atom stereocenters. The Labute approximate surface area is 113 Å². The second-order valence-corrected chi connectivity index (χ2v) is 4.97. The number of nitrogens with one attached hydrogen (secondary N) is 1. The monoisotopic (exact) mass is 263 g/mol. The van der Waals surface area contributed by atoms with Crippen LogP contribution in [-0.4, -0.2) is 46.1 Å². The summed E-state index contributed by atoms with van der Waals surface area (Å²) in [7, 11) is 0. The van der Waals surface area contributed by atoms with E-state index in [-0.39, 0.29) is 18.1 Å². The van der Waals surface area contributed by atoms with Crippen molar-refractivity contribution in [3.63, 3.8) is 0 Å². The first-order chi connectivity index (χ1) is 9.14. The van der Waals surface area contributed by atoms with Gasteiger partial charge in [-0.05, 0) is 38.8 Å². The van der Waals surface area contributed by atoms with Crippen molar-refractivity contribution in [3.8, 4) is 0 Å². The van der Waals surface area contributed by atoms with E-state index in [9.17, 15) is 9.90 Å². The molecule has 0 bridgehead atoms. The van der Waals surface area contributed by atoms with E-state index in [4.69, 9.17) is 0 Å². The van der Waals surface area contributed by atoms with Crippen molar-refractivity contribution in [3.05, 3.63) is 24.0 Å². The predicted molar refractivity (Wildman–Crippen MR) is 74.2 cm³/mol. The SMILES string of the molecule is CCN(CC)C(=O)c1cc(NC2(CO)CC2)ccn1. The number of rotatable bonds is 6. The summed E-state index contributed by atoms with van der Waals surface area (Å²) in [5, 5.41) is 12.6. The van der Waals surface area contributed by atoms with Crippen LogP contribution in [0.3, 0.4) is 0 Å². The highest BCUT2D eigenvalue weighted by molar-refractivity contribution is 5.93. The highest BCUT2D eigenvalue weighted by Gasteiger charge is 2.42. The molecule has 1 amide bonds. The lowest BCUT2D eigenvalue weighted by molar-refractivity contribution is 0.0767. The van der Waals surface area contributed by atoms with Crippen molar-refractivity contribution in [2.45, 2.75) is 32.2 Å². The van der Waals surface area contributed by atoms with Crippen LogP contribution in [0.1, 0.15) is 37.2 Å². The number of amides is 1. The summed E-state index contributed by atoms with van der Waals surface area (Å²) in [6.45, 7) is 5.38. The lowest BCUT2D eigenvalue weighted by atomic mass is 10.2. The first kappa shape index (κ1) is 13.8. The summed E-state index contributed by atoms with van der Waals surface area (Å²) in [5.74, 6) is -0.0532. The Balaban J connectivity index is 2.12. The van der Waals surface area contributed by atoms with E-state index >= 15 is 0 Å². The van der Waals surface area contributed by atoms with Crippen LogP contribution in [0.15, 0.2) is 18.3 Å². The summed E-state index contributed by atoms with van der Waals surface area (Å²) in [4.78, 5) is 18.1. The molecule has 2 N–H and O–H groups in total. The second-order valence-electron chi connectivity index (χ2n) is 4.97. The van der Waals surface area contributed by atoms with Crippen LogP contribution in [0.5, 0.6) is 0 Å². The van der Waals surface area contributed by atoms with Crippen LogP contribution in [-0.2, 0) is 0 Å². The van der Waals surface area contributed by atoms with Gasteiger partial charge in [0.1, 0.15) is 5.69 Å². The van der Waals surface area contributed by atoms with E-state index in [1.54, 1.807) is 17.2 Å². The third-order valence-corrected chi connectivity index (χ3v) is 3.60. The molecule has 0 aliphatic heterocycles. The van der Waals surface area contributed by atoms with E-state index in [2.05, 4.69) is 10.3 Å². The molecular weight excluding hydrogens is 242 g/mol. The maximum absolute atomic E-state index is 12.2. The molecule has 1 aromatic heterocycles. The smallest absolute Gasteiger partial charge is 0.272 e. The van der Waals surface area contributed by atoms with E-state index in [1.165, 1.54) is 0 Å². The minimum Gasteiger partial charge on any atom is -0.394 e. The average molecular weight is 263 g/mol. The molecule has 0 unspecified atom stereocenters. The Morgan fingerprint density at radius 3 is 2.68 bits per heavy atom. The van der Waals surface area contributed by atoms with Crippen LogP contribution in [0.25, 0.3) is 0 Å². The Morgan fingerprint density at radius 1 is 1.47 bits per heavy atom. The molecule has 104 valence electrons. The molecule has 0 spiro atoms. The molecule has 1 heterocycles. The molecule has 1 fully saturated rings. The van der Waals surface area contributed by atoms with Gasteiger partial charge in [0.15, 0.2) is 0 Å². The van der Waals surface area contributed by atoms with Crippen molar-refractivity contribution in [1.29, 1.82) is 0 Å². The molecule has 1 saturated carbocycles. The minimum absolute atomic E-state index is 0.0532. The number of aliphatic hydroxyl groups is 1. The summed E-state index contributed by atoms with van der Waals surface area (Å²) in [6.07, 6.45) is 3.56. The van der Waals surface area contributed by atoms with E-state index < -0.39 is 0 Å². The number of carbonyl (C=O) groups excluding carboxylic acids is 1. The Hall–Kier alpha value is -1.62. The van der Waals surface area contributed by atoms with Gasteiger partial charge in [0.25, 0.3) is 5.91 Å². The topological polar surface area (TPSA) is 65.5 Å². The molecular formula is C14H21N3O2. The molecule has 1 aliphatic carbocycles. The van der Waals surface area contributed by atoms with Crippen molar-refractivity contribution in [1.82, 2.24) is 9.88 Å². The Morgan fingerprint density at radius 2 is 2.16 bits per heavy atom. The van der Waals surface area contributed by atoms with E-state index in [0.29, 0.717) is 18.8 Å². The molecule has 5 heteroatoms. The van der Waals surface area contributed by atoms with Crippen molar-refractivity contribution in [2.75, 3.05) is 25.0 Å². The zero-order valence-corrected chi connectivity index (χ0v) is 11.5. The molecule has 1 aromatic rings. The third-order valence-electron chi connectivity index (χ3n) is 3.60. The largest absolute Gasteiger partial charge is 0.394 e. The molecule has 5 nitrogen and oxygen atoms in total. The van der Waals surface area contributed by atoms with Gasteiger partial charge in [0.05, 0.1) is 12.1 Å². The molecule has 1 aliphatic rings. The normalized spacial score (nSPS) is 15.9. The Kier molecular flexibility index (Phi) is 4.04. The van der Waals surface area contributed by atoms with Gasteiger partial charge in [-0.3, -0.25) is 9.78 Å². The maximum atomic E-state index is 12.2. The van der Waals surface area contributed by atoms with Crippen molar-refractivity contribution in [2.24, 2.45) is 0 Å². The van der Waals surface area contributed by atoms with Gasteiger partial charge >= 0.3 is 0 Å². The number of aliphatic hydroxyl groups excluding tert-OH is 1. The quantitative estimate of drug-likeness (QED) is 0.816. The zero-order valence-electron chi connectivity index (χ0n) is 11.5. The van der Waals surface area contributed by atoms with Gasteiger partial charge in [-0.15, -0.1) is 0 Å². The molecule has 0 radical (unpaired) electrons. The fourth-order valence-electron chi connectivity index (χ4n) is 2.08. The lowest BCUT2D eigenvalue weighted by Crippen LogP contribution is -2.31. The number of pyridine rings is 1. The number of carbonyl (C=O) groups is 1. The highest BCUT2D eigenvalue weighted by atomic mass is 16.3. The third kappa shape index (κ3) is 3.04. The summed E-state index contributed by atoms with van der Waals surface area (Å²) in [5.41, 5.74) is 1.11. The number of nitrogens with zero attached hydrogens (tertiary/aromatic N) is 2. The number of hydrogen-bond donors (Lipinski definition) is 2. The molecule has 19 heavy (non-hydrogen) atoms. The van der Waals surface area contributed by atoms with Crippen LogP contribution in [0.4, 0.5) is 5.69 Å². The predicted octanol–water partition coefficient (Wildman–Crippen LogP) is 1.50. The standard InChI is InChI=1S/C14H21N3O2/c1-3-17(4-2)13(19)12-9-11(5-8-15-12)16-14(10-18)6-7-14/h5,8-9,18H,3-4,6-7,10H2,1-2H3,(H,15,16). The van der Waals surface area contributed by atoms with Gasteiger partial charge in [0, 0.05) is 25.0 Å². The second kappa shape index (κ2) is 5.57. The maximum Gasteiger partial charge on any atom is 0.272 e. The summed E-state index contributed by atoms with van der Waals surface area (Å²) >= 11 is 0. The van der Waals surface area contributed by atoms with Gasteiger partial charge in [-0.2, -0.15) is 0 Å². The van der Waals surface area contributed by atoms with E-state index in [0.717, 1.165) is 18.5 Å². The lowest BCUT2D eigenvalue weighted by Gasteiger charge is -2.19. The minimum atomic E-state index is -0.184. The fraction of sp³-hybridized carbons (Fsp3) is 0.571. The number of anilines is 1. The summed E-state index contributed by atoms with van der Waals surface area (Å²) in [6, 6.07) is 3.59. The Bertz CT molecular complexity index is 454. The van der Waals surface area contributed by atoms with Gasteiger partial charge in [0.2, 0.25) is 0 Å². The molecule has 0 aromatic carbocycles. The highest BCUT2D eigenvalue weighted by Crippen LogP contribution is 2.38. The first-order valence-corrected chi connectivity index (χ1v) is 6.78. The van der Waals surface area contributed by atoms with Gasteiger partial charge in [-0.1, -0.05) is 0 Å². The molecule has 0 saturated heterocycles. The molecule has 2 rings (SSSR count). The van der Waals surface area contributed by atoms with Crippen molar-refractivity contribution < 1.29 is 9.90 Å². The zero-order chi connectivity index (χ0) is 13.9. The fourth-order valence-corrected chi connectivity index (χ4v) is 2.08. The number of hydrogen-bond acceptors (Lipinski definition) is 4. The van der Waals surface area contributed by atoms with E-state index in [1.807, 2.05) is 19.9 Å². The summed E-state index contributed by atoms with van der Waals surface area (Å²) < 4.78 is 0. The first-order valence-electron chi connectivity index (χ1n) is 6.78. The van der Waals surface area contributed by atoms with Crippen LogP contribution in [0.2, 0.25) is 0 Å². The average Bonchev–Trinajstić information content (AvgIpc) is 3.20. The number of aromatic nitrogens is 1. The van der Waals surface area contributed by atoms with Crippen molar-refractivity contribution >= 4 is 11.6 Å². The van der Waals surface area contributed by atoms with Crippen LogP contribution in [0, 0.1) is 0 Å². The van der Waals surface area contributed by atoms with Gasteiger partial charge < -0.3 is 15.3 Å². The van der Waals surface area contributed by atoms with Gasteiger partial charge in [-0.25, -0.2) is 0 Å².